The summed E-state index contributed by atoms with van der Waals surface area (Å²) in [6.45, 7) is 0. The molecule has 28 heavy (non-hydrogen) atoms. The molecule has 2 aromatic carbocycles. The van der Waals surface area contributed by atoms with Crippen LogP contribution in [0.4, 0.5) is 14.9 Å². The van der Waals surface area contributed by atoms with E-state index in [9.17, 15) is 9.18 Å². The van der Waals surface area contributed by atoms with Gasteiger partial charge in [0, 0.05) is 30.8 Å². The van der Waals surface area contributed by atoms with Crippen molar-refractivity contribution in [1.82, 2.24) is 15.8 Å². The van der Waals surface area contributed by atoms with Gasteiger partial charge in [0.2, 0.25) is 0 Å². The Labute approximate surface area is 160 Å². The second-order valence-electron chi connectivity index (χ2n) is 5.61. The summed E-state index contributed by atoms with van der Waals surface area (Å²) in [5.74, 6) is 1.16. The van der Waals surface area contributed by atoms with Crippen LogP contribution < -0.4 is 30.4 Å². The van der Waals surface area contributed by atoms with Crippen molar-refractivity contribution < 1.29 is 23.4 Å². The molecule has 0 aliphatic heterocycles. The number of methoxy groups -OCH3 is 2. The predicted molar refractivity (Wildman–Crippen MR) is 103 cm³/mol. The Hall–Kier alpha value is -3.59. The third kappa shape index (κ3) is 4.04. The number of fused-ring (bicyclic) bond motifs is 1. The van der Waals surface area contributed by atoms with Crippen LogP contribution in [-0.2, 0) is 0 Å². The van der Waals surface area contributed by atoms with Crippen LogP contribution in [0.1, 0.15) is 0 Å². The summed E-state index contributed by atoms with van der Waals surface area (Å²) in [4.78, 5) is 15.8. The molecule has 0 bridgehead atoms. The second kappa shape index (κ2) is 8.40. The number of nitrogens with one attached hydrogen (secondary N) is 3. The molecule has 3 rings (SSSR count). The van der Waals surface area contributed by atoms with Gasteiger partial charge in [-0.15, -0.1) is 0 Å². The Balaban J connectivity index is 1.90. The van der Waals surface area contributed by atoms with Crippen LogP contribution in [0.2, 0.25) is 0 Å². The summed E-state index contributed by atoms with van der Waals surface area (Å²) in [5.41, 5.74) is 5.40. The molecule has 0 saturated heterocycles. The zero-order valence-electron chi connectivity index (χ0n) is 15.5. The molecular formula is C19H19FN4O4. The van der Waals surface area contributed by atoms with Crippen LogP contribution in [-0.4, -0.2) is 32.3 Å². The number of halogens is 1. The number of hydrogen-bond donors (Lipinski definition) is 3. The molecule has 3 N–H and O–H groups in total. The van der Waals surface area contributed by atoms with Crippen molar-refractivity contribution in [2.75, 3.05) is 26.6 Å². The van der Waals surface area contributed by atoms with Crippen molar-refractivity contribution in [2.45, 2.75) is 0 Å². The van der Waals surface area contributed by atoms with E-state index >= 15 is 0 Å². The van der Waals surface area contributed by atoms with E-state index in [0.29, 0.717) is 28.2 Å². The highest BCUT2D eigenvalue weighted by Crippen LogP contribution is 2.37. The number of hydrazine groups is 1. The summed E-state index contributed by atoms with van der Waals surface area (Å²) in [6.07, 6.45) is 1.58. The van der Waals surface area contributed by atoms with E-state index < -0.39 is 11.8 Å². The summed E-state index contributed by atoms with van der Waals surface area (Å²) in [6, 6.07) is 8.69. The van der Waals surface area contributed by atoms with Crippen LogP contribution >= 0.6 is 0 Å². The van der Waals surface area contributed by atoms with Crippen LogP contribution in [0, 0.1) is 5.82 Å². The number of ether oxygens (including phenoxy) is 3. The van der Waals surface area contributed by atoms with Crippen LogP contribution in [0.15, 0.2) is 42.6 Å². The SMILES string of the molecule is CNNC(=O)Nc1ccc(Oc2ccnc3cc(OC)c(OC)cc23)cc1F. The summed E-state index contributed by atoms with van der Waals surface area (Å²) < 4.78 is 30.7. The van der Waals surface area contributed by atoms with E-state index in [1.165, 1.54) is 26.3 Å². The van der Waals surface area contributed by atoms with Crippen molar-refractivity contribution in [3.05, 3.63) is 48.4 Å². The first-order chi connectivity index (χ1) is 13.5. The normalized spacial score (nSPS) is 10.4. The highest BCUT2D eigenvalue weighted by molar-refractivity contribution is 5.89. The van der Waals surface area contributed by atoms with Gasteiger partial charge in [0.15, 0.2) is 11.5 Å². The van der Waals surface area contributed by atoms with E-state index in [1.807, 2.05) is 0 Å². The van der Waals surface area contributed by atoms with Crippen molar-refractivity contribution in [3.63, 3.8) is 0 Å². The largest absolute Gasteiger partial charge is 0.493 e. The number of benzene rings is 2. The van der Waals surface area contributed by atoms with Gasteiger partial charge in [0.25, 0.3) is 0 Å². The maximum absolute atomic E-state index is 14.3. The molecule has 2 amide bonds. The predicted octanol–water partition coefficient (Wildman–Crippen LogP) is 3.44. The molecule has 1 aromatic heterocycles. The Kier molecular flexibility index (Phi) is 5.75. The first-order valence-electron chi connectivity index (χ1n) is 8.27. The van der Waals surface area contributed by atoms with E-state index in [1.54, 1.807) is 37.6 Å². The zero-order valence-corrected chi connectivity index (χ0v) is 15.5. The topological polar surface area (TPSA) is 93.7 Å². The van der Waals surface area contributed by atoms with Gasteiger partial charge in [-0.05, 0) is 24.3 Å². The maximum atomic E-state index is 14.3. The number of pyridine rings is 1. The molecule has 0 radical (unpaired) electrons. The van der Waals surface area contributed by atoms with Crippen molar-refractivity contribution in [2.24, 2.45) is 0 Å². The number of amides is 2. The van der Waals surface area contributed by atoms with Gasteiger partial charge in [-0.1, -0.05) is 0 Å². The van der Waals surface area contributed by atoms with E-state index in [-0.39, 0.29) is 11.4 Å². The number of hydrogen-bond acceptors (Lipinski definition) is 6. The van der Waals surface area contributed by atoms with Gasteiger partial charge < -0.3 is 19.5 Å². The number of carbonyl (C=O) groups excluding carboxylic acids is 1. The fourth-order valence-corrected chi connectivity index (χ4v) is 2.59. The molecule has 0 aliphatic rings. The Morgan fingerprint density at radius 2 is 1.79 bits per heavy atom. The number of rotatable bonds is 6. The molecule has 3 aromatic rings. The molecule has 0 saturated carbocycles. The van der Waals surface area contributed by atoms with E-state index in [0.717, 1.165) is 0 Å². The summed E-state index contributed by atoms with van der Waals surface area (Å²) in [5, 5.41) is 3.05. The minimum absolute atomic E-state index is 0.0195. The monoisotopic (exact) mass is 386 g/mol. The first-order valence-corrected chi connectivity index (χ1v) is 8.27. The average molecular weight is 386 g/mol. The van der Waals surface area contributed by atoms with Crippen molar-refractivity contribution >= 4 is 22.6 Å². The van der Waals surface area contributed by atoms with Gasteiger partial charge in [-0.2, -0.15) is 0 Å². The standard InChI is InChI=1S/C19H19FN4O4/c1-21-24-19(25)23-14-5-4-11(8-13(14)20)28-16-6-7-22-15-10-18(27-3)17(26-2)9-12(15)16/h4-10,21H,1-3H3,(H2,23,24,25). The maximum Gasteiger partial charge on any atom is 0.333 e. The molecule has 1 heterocycles. The summed E-state index contributed by atoms with van der Waals surface area (Å²) >= 11 is 0. The zero-order chi connectivity index (χ0) is 20.1. The number of carbonyl (C=O) groups is 1. The molecule has 0 atom stereocenters. The molecular weight excluding hydrogens is 367 g/mol. The lowest BCUT2D eigenvalue weighted by molar-refractivity contribution is 0.249. The van der Waals surface area contributed by atoms with Crippen LogP contribution in [0.5, 0.6) is 23.0 Å². The number of nitrogens with zero attached hydrogens (tertiary/aromatic N) is 1. The second-order valence-corrected chi connectivity index (χ2v) is 5.61. The smallest absolute Gasteiger partial charge is 0.333 e. The van der Waals surface area contributed by atoms with Crippen LogP contribution in [0.25, 0.3) is 10.9 Å². The van der Waals surface area contributed by atoms with Gasteiger partial charge in [0.1, 0.15) is 17.3 Å². The highest BCUT2D eigenvalue weighted by atomic mass is 19.1. The lowest BCUT2D eigenvalue weighted by atomic mass is 10.2. The number of anilines is 1. The van der Waals surface area contributed by atoms with Gasteiger partial charge in [-0.25, -0.2) is 14.6 Å². The third-order valence-corrected chi connectivity index (χ3v) is 3.86. The lowest BCUT2D eigenvalue weighted by Gasteiger charge is -2.13. The quantitative estimate of drug-likeness (QED) is 0.562. The van der Waals surface area contributed by atoms with Gasteiger partial charge in [0.05, 0.1) is 25.4 Å². The molecule has 0 unspecified atom stereocenters. The molecule has 0 fully saturated rings. The molecule has 8 nitrogen and oxygen atoms in total. The third-order valence-electron chi connectivity index (χ3n) is 3.86. The first kappa shape index (κ1) is 19.2. The fourth-order valence-electron chi connectivity index (χ4n) is 2.59. The lowest BCUT2D eigenvalue weighted by Crippen LogP contribution is -2.37. The number of urea groups is 1. The molecule has 0 spiro atoms. The number of aromatic nitrogens is 1. The van der Waals surface area contributed by atoms with Crippen molar-refractivity contribution in [3.8, 4) is 23.0 Å². The molecule has 146 valence electrons. The minimum atomic E-state index is -0.638. The van der Waals surface area contributed by atoms with Gasteiger partial charge in [-0.3, -0.25) is 10.4 Å². The van der Waals surface area contributed by atoms with Crippen LogP contribution in [0.3, 0.4) is 0 Å². The van der Waals surface area contributed by atoms with Crippen molar-refractivity contribution in [1.29, 1.82) is 0 Å². The summed E-state index contributed by atoms with van der Waals surface area (Å²) in [7, 11) is 4.60. The highest BCUT2D eigenvalue weighted by Gasteiger charge is 2.13. The van der Waals surface area contributed by atoms with E-state index in [2.05, 4.69) is 21.2 Å². The van der Waals surface area contributed by atoms with E-state index in [4.69, 9.17) is 14.2 Å². The Bertz CT molecular complexity index is 1010. The minimum Gasteiger partial charge on any atom is -0.493 e. The molecule has 9 heteroatoms. The fraction of sp³-hybridized carbons (Fsp3) is 0.158. The Morgan fingerprint density at radius 3 is 2.46 bits per heavy atom. The van der Waals surface area contributed by atoms with Gasteiger partial charge >= 0.3 is 6.03 Å². The average Bonchev–Trinajstić information content (AvgIpc) is 2.69. The Morgan fingerprint density at radius 1 is 1.04 bits per heavy atom. The molecule has 0 aliphatic carbocycles.